The Morgan fingerprint density at radius 2 is 1.88 bits per heavy atom. The number of aryl methyl sites for hydroxylation is 1. The summed E-state index contributed by atoms with van der Waals surface area (Å²) in [5.74, 6) is 0.959. The van der Waals surface area contributed by atoms with Crippen LogP contribution in [0.25, 0.3) is 22.4 Å². The number of hydrogen-bond acceptors (Lipinski definition) is 2. The third-order valence-corrected chi connectivity index (χ3v) is 3.27. The summed E-state index contributed by atoms with van der Waals surface area (Å²) in [6, 6.07) is 10.0. The molecule has 0 unspecified atom stereocenters. The molecule has 3 rings (SSSR count). The molecule has 0 saturated heterocycles. The molecule has 0 aliphatic rings. The number of fused-ring (bicyclic) bond motifs is 1. The van der Waals surface area contributed by atoms with Gasteiger partial charge in [0.25, 0.3) is 0 Å². The van der Waals surface area contributed by atoms with Gasteiger partial charge < -0.3 is 4.57 Å². The predicted octanol–water partition coefficient (Wildman–Crippen LogP) is 3.40. The van der Waals surface area contributed by atoms with Crippen LogP contribution < -0.4 is 0 Å². The van der Waals surface area contributed by atoms with E-state index in [9.17, 15) is 0 Å². The smallest absolute Gasteiger partial charge is 0.140 e. The fraction of sp³-hybridized carbons (Fsp3) is 0.0769. The Labute approximate surface area is 107 Å². The molecule has 0 atom stereocenters. The van der Waals surface area contributed by atoms with Crippen LogP contribution in [0.5, 0.6) is 0 Å². The van der Waals surface area contributed by atoms with Crippen molar-refractivity contribution in [3.63, 3.8) is 0 Å². The SMILES string of the molecule is Cn1c(-c2ccncc2)nc2ccc(Br)cc21. The normalized spacial score (nSPS) is 10.9. The van der Waals surface area contributed by atoms with Crippen molar-refractivity contribution in [2.45, 2.75) is 0 Å². The quantitative estimate of drug-likeness (QED) is 0.687. The van der Waals surface area contributed by atoms with E-state index in [1.807, 2.05) is 31.3 Å². The standard InChI is InChI=1S/C13H10BrN3/c1-17-12-8-10(14)2-3-11(12)16-13(17)9-4-6-15-7-5-9/h2-8H,1H3. The number of benzene rings is 1. The molecule has 4 heteroatoms. The van der Waals surface area contributed by atoms with Crippen LogP contribution >= 0.6 is 15.9 Å². The van der Waals surface area contributed by atoms with Gasteiger partial charge in [-0.15, -0.1) is 0 Å². The summed E-state index contributed by atoms with van der Waals surface area (Å²) in [6.07, 6.45) is 3.56. The van der Waals surface area contributed by atoms with Crippen molar-refractivity contribution in [2.75, 3.05) is 0 Å². The monoisotopic (exact) mass is 287 g/mol. The molecule has 2 heterocycles. The Morgan fingerprint density at radius 1 is 1.12 bits per heavy atom. The number of nitrogens with zero attached hydrogens (tertiary/aromatic N) is 3. The van der Waals surface area contributed by atoms with Gasteiger partial charge in [-0.1, -0.05) is 15.9 Å². The van der Waals surface area contributed by atoms with Gasteiger partial charge in [-0.05, 0) is 30.3 Å². The van der Waals surface area contributed by atoms with Gasteiger partial charge in [0.1, 0.15) is 5.82 Å². The van der Waals surface area contributed by atoms with Gasteiger partial charge in [-0.3, -0.25) is 4.98 Å². The van der Waals surface area contributed by atoms with Gasteiger partial charge in [0.05, 0.1) is 11.0 Å². The first kappa shape index (κ1) is 10.5. The van der Waals surface area contributed by atoms with E-state index in [4.69, 9.17) is 0 Å². The summed E-state index contributed by atoms with van der Waals surface area (Å²) >= 11 is 3.48. The summed E-state index contributed by atoms with van der Waals surface area (Å²) in [4.78, 5) is 8.66. The maximum Gasteiger partial charge on any atom is 0.140 e. The molecule has 0 spiro atoms. The summed E-state index contributed by atoms with van der Waals surface area (Å²) in [5, 5.41) is 0. The number of rotatable bonds is 1. The van der Waals surface area contributed by atoms with Crippen LogP contribution in [0.1, 0.15) is 0 Å². The zero-order chi connectivity index (χ0) is 11.8. The molecule has 3 nitrogen and oxygen atoms in total. The van der Waals surface area contributed by atoms with E-state index in [0.29, 0.717) is 0 Å². The number of halogens is 1. The van der Waals surface area contributed by atoms with E-state index in [1.54, 1.807) is 12.4 Å². The summed E-state index contributed by atoms with van der Waals surface area (Å²) < 4.78 is 3.16. The van der Waals surface area contributed by atoms with Crippen LogP contribution in [0.3, 0.4) is 0 Å². The maximum atomic E-state index is 4.64. The summed E-state index contributed by atoms with van der Waals surface area (Å²) in [7, 11) is 2.03. The lowest BCUT2D eigenvalue weighted by Gasteiger charge is -2.01. The first-order valence-corrected chi connectivity index (χ1v) is 6.07. The fourth-order valence-electron chi connectivity index (χ4n) is 1.92. The van der Waals surface area contributed by atoms with Crippen molar-refractivity contribution >= 4 is 27.0 Å². The number of hydrogen-bond donors (Lipinski definition) is 0. The van der Waals surface area contributed by atoms with Gasteiger partial charge >= 0.3 is 0 Å². The summed E-state index contributed by atoms with van der Waals surface area (Å²) in [5.41, 5.74) is 3.20. The average molecular weight is 288 g/mol. The van der Waals surface area contributed by atoms with Crippen LogP contribution in [-0.2, 0) is 7.05 Å². The van der Waals surface area contributed by atoms with Crippen molar-refractivity contribution in [1.29, 1.82) is 0 Å². The van der Waals surface area contributed by atoms with Gasteiger partial charge in [-0.25, -0.2) is 4.98 Å². The molecule has 0 radical (unpaired) electrons. The lowest BCUT2D eigenvalue weighted by Crippen LogP contribution is -1.92. The van der Waals surface area contributed by atoms with Crippen molar-refractivity contribution < 1.29 is 0 Å². The molecule has 1 aromatic carbocycles. The molecular formula is C13H10BrN3. The highest BCUT2D eigenvalue weighted by atomic mass is 79.9. The highest BCUT2D eigenvalue weighted by molar-refractivity contribution is 9.10. The first-order valence-electron chi connectivity index (χ1n) is 5.28. The third-order valence-electron chi connectivity index (χ3n) is 2.78. The van der Waals surface area contributed by atoms with Crippen molar-refractivity contribution in [2.24, 2.45) is 7.05 Å². The molecular weight excluding hydrogens is 278 g/mol. The Kier molecular flexibility index (Phi) is 2.44. The fourth-order valence-corrected chi connectivity index (χ4v) is 2.27. The molecule has 0 N–H and O–H groups in total. The minimum Gasteiger partial charge on any atom is -0.327 e. The molecule has 0 aliphatic heterocycles. The van der Waals surface area contributed by atoms with Crippen molar-refractivity contribution in [3.05, 3.63) is 47.2 Å². The second kappa shape index (κ2) is 3.96. The van der Waals surface area contributed by atoms with E-state index >= 15 is 0 Å². The molecule has 17 heavy (non-hydrogen) atoms. The van der Waals surface area contributed by atoms with E-state index in [1.165, 1.54) is 0 Å². The largest absolute Gasteiger partial charge is 0.327 e. The molecule has 0 fully saturated rings. The molecule has 0 aliphatic carbocycles. The van der Waals surface area contributed by atoms with Crippen LogP contribution in [0, 0.1) is 0 Å². The van der Waals surface area contributed by atoms with Crippen LogP contribution in [-0.4, -0.2) is 14.5 Å². The Bertz CT molecular complexity index is 674. The predicted molar refractivity (Wildman–Crippen MR) is 71.6 cm³/mol. The third kappa shape index (κ3) is 1.74. The van der Waals surface area contributed by atoms with Gasteiger partial charge in [0, 0.05) is 29.5 Å². The average Bonchev–Trinajstić information content (AvgIpc) is 2.68. The molecule has 0 bridgehead atoms. The highest BCUT2D eigenvalue weighted by Crippen LogP contribution is 2.25. The maximum absolute atomic E-state index is 4.64. The second-order valence-electron chi connectivity index (χ2n) is 3.86. The molecule has 84 valence electrons. The van der Waals surface area contributed by atoms with Crippen LogP contribution in [0.2, 0.25) is 0 Å². The van der Waals surface area contributed by atoms with Crippen molar-refractivity contribution in [3.8, 4) is 11.4 Å². The van der Waals surface area contributed by atoms with E-state index in [0.717, 1.165) is 26.9 Å². The lowest BCUT2D eigenvalue weighted by molar-refractivity contribution is 0.958. The van der Waals surface area contributed by atoms with Gasteiger partial charge in [0.15, 0.2) is 0 Å². The minimum atomic E-state index is 0.959. The topological polar surface area (TPSA) is 30.7 Å². The zero-order valence-electron chi connectivity index (χ0n) is 9.26. The Morgan fingerprint density at radius 3 is 2.65 bits per heavy atom. The second-order valence-corrected chi connectivity index (χ2v) is 4.78. The molecule has 3 aromatic rings. The Hall–Kier alpha value is -1.68. The molecule has 0 saturated carbocycles. The van der Waals surface area contributed by atoms with E-state index in [2.05, 4.69) is 36.5 Å². The number of pyridine rings is 1. The van der Waals surface area contributed by atoms with E-state index in [-0.39, 0.29) is 0 Å². The Balaban J connectivity index is 2.28. The molecule has 0 amide bonds. The molecule has 2 aromatic heterocycles. The van der Waals surface area contributed by atoms with Crippen LogP contribution in [0.4, 0.5) is 0 Å². The van der Waals surface area contributed by atoms with Crippen LogP contribution in [0.15, 0.2) is 47.2 Å². The highest BCUT2D eigenvalue weighted by Gasteiger charge is 2.09. The minimum absolute atomic E-state index is 0.959. The zero-order valence-corrected chi connectivity index (χ0v) is 10.8. The first-order chi connectivity index (χ1) is 8.25. The van der Waals surface area contributed by atoms with Crippen molar-refractivity contribution in [1.82, 2.24) is 14.5 Å². The number of imidazole rings is 1. The van der Waals surface area contributed by atoms with Gasteiger partial charge in [0.2, 0.25) is 0 Å². The lowest BCUT2D eigenvalue weighted by atomic mass is 10.2. The van der Waals surface area contributed by atoms with Gasteiger partial charge in [-0.2, -0.15) is 0 Å². The van der Waals surface area contributed by atoms with E-state index < -0.39 is 0 Å². The summed E-state index contributed by atoms with van der Waals surface area (Å²) in [6.45, 7) is 0. The number of aromatic nitrogens is 3.